The summed E-state index contributed by atoms with van der Waals surface area (Å²) < 4.78 is 17.5. The molecule has 1 heterocycles. The van der Waals surface area contributed by atoms with E-state index in [4.69, 9.17) is 25.8 Å². The third-order valence-corrected chi connectivity index (χ3v) is 6.74. The molecule has 0 aliphatic carbocycles. The number of halogens is 2. The van der Waals surface area contributed by atoms with Crippen molar-refractivity contribution in [3.8, 4) is 22.9 Å². The molecule has 0 bridgehead atoms. The summed E-state index contributed by atoms with van der Waals surface area (Å²) in [6.07, 6.45) is 0.555. The number of hydrogen-bond acceptors (Lipinski definition) is 7. The monoisotopic (exact) mass is 569 g/mol. The molecule has 0 unspecified atom stereocenters. The van der Waals surface area contributed by atoms with E-state index < -0.39 is 12.1 Å². The van der Waals surface area contributed by atoms with Crippen LogP contribution in [-0.2, 0) is 9.53 Å². The molecule has 1 aromatic heterocycles. The smallest absolute Gasteiger partial charge is 0.346 e. The Balaban J connectivity index is 1.83. The zero-order valence-electron chi connectivity index (χ0n) is 19.6. The van der Waals surface area contributed by atoms with Gasteiger partial charge in [0.15, 0.2) is 23.4 Å². The van der Waals surface area contributed by atoms with Gasteiger partial charge in [0.05, 0.1) is 31.3 Å². The summed E-state index contributed by atoms with van der Waals surface area (Å²) in [7, 11) is 2.71. The van der Waals surface area contributed by atoms with Crippen LogP contribution in [0.1, 0.15) is 12.5 Å². The third kappa shape index (κ3) is 4.98. The maximum atomic E-state index is 13.4. The summed E-state index contributed by atoms with van der Waals surface area (Å²) in [6, 6.07) is 18.0. The van der Waals surface area contributed by atoms with Crippen molar-refractivity contribution in [1.82, 2.24) is 9.66 Å². The number of aromatic nitrogens is 2. The van der Waals surface area contributed by atoms with Crippen LogP contribution in [0.15, 0.2) is 75.0 Å². The summed E-state index contributed by atoms with van der Waals surface area (Å²) in [5.74, 6) is 0.256. The number of benzene rings is 3. The van der Waals surface area contributed by atoms with Crippen LogP contribution in [0, 0.1) is 0 Å². The van der Waals surface area contributed by atoms with Gasteiger partial charge in [-0.15, -0.1) is 0 Å². The first-order valence-corrected chi connectivity index (χ1v) is 11.9. The average molecular weight is 571 g/mol. The van der Waals surface area contributed by atoms with E-state index in [1.807, 2.05) is 36.4 Å². The van der Waals surface area contributed by atoms with Crippen LogP contribution in [0.2, 0.25) is 5.02 Å². The molecule has 0 aliphatic rings. The van der Waals surface area contributed by atoms with Crippen LogP contribution in [0.5, 0.6) is 11.5 Å². The number of carbonyl (C=O) groups is 1. The minimum absolute atomic E-state index is 0.163. The van der Waals surface area contributed by atoms with E-state index in [1.54, 1.807) is 24.3 Å². The van der Waals surface area contributed by atoms with Gasteiger partial charge in [-0.2, -0.15) is 9.78 Å². The Kier molecular flexibility index (Phi) is 7.71. The van der Waals surface area contributed by atoms with Crippen LogP contribution in [-0.4, -0.2) is 42.2 Å². The Morgan fingerprint density at radius 1 is 1.14 bits per heavy atom. The van der Waals surface area contributed by atoms with Crippen LogP contribution >= 0.6 is 27.5 Å². The van der Waals surface area contributed by atoms with Gasteiger partial charge < -0.3 is 14.2 Å². The van der Waals surface area contributed by atoms with Crippen molar-refractivity contribution in [2.45, 2.75) is 13.0 Å². The zero-order chi connectivity index (χ0) is 25.8. The van der Waals surface area contributed by atoms with Crippen LogP contribution < -0.4 is 15.0 Å². The minimum Gasteiger partial charge on any atom is -0.493 e. The van der Waals surface area contributed by atoms with Gasteiger partial charge in [-0.05, 0) is 41.1 Å². The highest BCUT2D eigenvalue weighted by Crippen LogP contribution is 2.42. The van der Waals surface area contributed by atoms with Crippen molar-refractivity contribution < 1.29 is 19.0 Å². The standard InChI is InChI=1S/C26H21BrClN3O5/c1-15(26(33)35-3)36-23-20(34-2)13-17(21(27)22(23)28)14-29-31-24(16-9-5-4-6-10-16)30-19-12-8-7-11-18(19)25(31)32/h4-15H,1-3H3/t15-/m1/s1. The van der Waals surface area contributed by atoms with E-state index in [0.29, 0.717) is 26.8 Å². The van der Waals surface area contributed by atoms with Crippen LogP contribution in [0.3, 0.4) is 0 Å². The lowest BCUT2D eigenvalue weighted by atomic mass is 10.2. The highest BCUT2D eigenvalue weighted by Gasteiger charge is 2.23. The van der Waals surface area contributed by atoms with Gasteiger partial charge in [-0.1, -0.05) is 54.1 Å². The van der Waals surface area contributed by atoms with E-state index in [1.165, 1.54) is 32.0 Å². The van der Waals surface area contributed by atoms with Crippen molar-refractivity contribution in [3.05, 3.63) is 86.1 Å². The number of fused-ring (bicyclic) bond motifs is 1. The Hall–Kier alpha value is -3.69. The van der Waals surface area contributed by atoms with Crippen molar-refractivity contribution in [2.24, 2.45) is 5.10 Å². The number of hydrogen-bond donors (Lipinski definition) is 0. The highest BCUT2D eigenvalue weighted by molar-refractivity contribution is 9.10. The fourth-order valence-electron chi connectivity index (χ4n) is 3.48. The molecular formula is C26H21BrClN3O5. The van der Waals surface area contributed by atoms with Gasteiger partial charge in [-0.3, -0.25) is 4.79 Å². The first-order valence-electron chi connectivity index (χ1n) is 10.8. The predicted molar refractivity (Wildman–Crippen MR) is 142 cm³/mol. The molecule has 0 radical (unpaired) electrons. The molecule has 36 heavy (non-hydrogen) atoms. The second-order valence-electron chi connectivity index (χ2n) is 7.59. The predicted octanol–water partition coefficient (Wildman–Crippen LogP) is 5.31. The van der Waals surface area contributed by atoms with Gasteiger partial charge in [0, 0.05) is 15.6 Å². The quantitative estimate of drug-likeness (QED) is 0.221. The van der Waals surface area contributed by atoms with Gasteiger partial charge in [-0.25, -0.2) is 9.78 Å². The Bertz CT molecular complexity index is 1520. The summed E-state index contributed by atoms with van der Waals surface area (Å²) in [4.78, 5) is 29.9. The van der Waals surface area contributed by atoms with Crippen LogP contribution in [0.25, 0.3) is 22.3 Å². The molecule has 0 aliphatic heterocycles. The average Bonchev–Trinajstić information content (AvgIpc) is 2.91. The Morgan fingerprint density at radius 3 is 2.53 bits per heavy atom. The molecule has 4 rings (SSSR count). The number of nitrogens with zero attached hydrogens (tertiary/aromatic N) is 3. The number of ether oxygens (including phenoxy) is 3. The molecule has 0 fully saturated rings. The molecule has 0 amide bonds. The molecule has 8 nitrogen and oxygen atoms in total. The normalized spacial score (nSPS) is 12.0. The van der Waals surface area contributed by atoms with Gasteiger partial charge in [0.25, 0.3) is 5.56 Å². The summed E-state index contributed by atoms with van der Waals surface area (Å²) in [5, 5.41) is 5.07. The van der Waals surface area contributed by atoms with Crippen LogP contribution in [0.4, 0.5) is 0 Å². The lowest BCUT2D eigenvalue weighted by molar-refractivity contribution is -0.147. The molecule has 10 heteroatoms. The maximum absolute atomic E-state index is 13.4. The molecule has 0 saturated heterocycles. The van der Waals surface area contributed by atoms with Gasteiger partial charge in [0.2, 0.25) is 0 Å². The van der Waals surface area contributed by atoms with Crippen molar-refractivity contribution in [3.63, 3.8) is 0 Å². The van der Waals surface area contributed by atoms with E-state index in [0.717, 1.165) is 5.56 Å². The molecule has 0 spiro atoms. The van der Waals surface area contributed by atoms with Gasteiger partial charge >= 0.3 is 5.97 Å². The molecule has 184 valence electrons. The highest BCUT2D eigenvalue weighted by atomic mass is 79.9. The number of methoxy groups -OCH3 is 2. The summed E-state index contributed by atoms with van der Waals surface area (Å²) in [5.41, 5.74) is 1.48. The third-order valence-electron chi connectivity index (χ3n) is 5.30. The first-order chi connectivity index (χ1) is 17.3. The molecule has 1 atom stereocenters. The maximum Gasteiger partial charge on any atom is 0.346 e. The summed E-state index contributed by atoms with van der Waals surface area (Å²) in [6.45, 7) is 1.54. The number of esters is 1. The van der Waals surface area contributed by atoms with E-state index in [-0.39, 0.29) is 22.1 Å². The Labute approximate surface area is 220 Å². The zero-order valence-corrected chi connectivity index (χ0v) is 21.9. The van der Waals surface area contributed by atoms with Crippen molar-refractivity contribution in [2.75, 3.05) is 14.2 Å². The minimum atomic E-state index is -0.913. The topological polar surface area (TPSA) is 92.0 Å². The SMILES string of the molecule is COC(=O)[C@@H](C)Oc1c(OC)cc(C=Nn2c(-c3ccccc3)nc3ccccc3c2=O)c(Br)c1Cl. The van der Waals surface area contributed by atoms with E-state index in [2.05, 4.69) is 26.0 Å². The second kappa shape index (κ2) is 10.9. The molecular weight excluding hydrogens is 550 g/mol. The second-order valence-corrected chi connectivity index (χ2v) is 8.76. The van der Waals surface area contributed by atoms with E-state index >= 15 is 0 Å². The molecule has 0 N–H and O–H groups in total. The van der Waals surface area contributed by atoms with Gasteiger partial charge in [0.1, 0.15) is 5.02 Å². The first kappa shape index (κ1) is 25.4. The molecule has 0 saturated carbocycles. The number of rotatable bonds is 7. The largest absolute Gasteiger partial charge is 0.493 e. The lowest BCUT2D eigenvalue weighted by Gasteiger charge is -2.18. The van der Waals surface area contributed by atoms with Crippen molar-refractivity contribution in [1.29, 1.82) is 0 Å². The summed E-state index contributed by atoms with van der Waals surface area (Å²) >= 11 is 10.0. The molecule has 3 aromatic carbocycles. The molecule has 4 aromatic rings. The Morgan fingerprint density at radius 2 is 1.83 bits per heavy atom. The van der Waals surface area contributed by atoms with E-state index in [9.17, 15) is 9.59 Å². The number of para-hydroxylation sites is 1. The fraction of sp³-hybridized carbons (Fsp3) is 0.154. The lowest BCUT2D eigenvalue weighted by Crippen LogP contribution is -2.25. The number of carbonyl (C=O) groups excluding carboxylic acids is 1. The van der Waals surface area contributed by atoms with Crippen molar-refractivity contribution >= 4 is 50.6 Å². The fourth-order valence-corrected chi connectivity index (χ4v) is 4.12.